The highest BCUT2D eigenvalue weighted by molar-refractivity contribution is 6.01. The van der Waals surface area contributed by atoms with Gasteiger partial charge in [0.15, 0.2) is 0 Å². The zero-order chi connectivity index (χ0) is 16.2. The Morgan fingerprint density at radius 1 is 1.00 bits per heavy atom. The van der Waals surface area contributed by atoms with E-state index in [0.29, 0.717) is 5.92 Å². The highest BCUT2D eigenvalue weighted by Crippen LogP contribution is 2.47. The van der Waals surface area contributed by atoms with E-state index >= 15 is 0 Å². The minimum absolute atomic E-state index is 0.0118. The van der Waals surface area contributed by atoms with Crippen LogP contribution in [0.1, 0.15) is 44.4 Å². The van der Waals surface area contributed by atoms with Crippen molar-refractivity contribution in [2.24, 2.45) is 5.92 Å². The molecule has 0 fully saturated rings. The first-order chi connectivity index (χ1) is 11.0. The largest absolute Gasteiger partial charge is 0.256 e. The summed E-state index contributed by atoms with van der Waals surface area (Å²) in [4.78, 5) is 4.73. The summed E-state index contributed by atoms with van der Waals surface area (Å²) >= 11 is 0. The third kappa shape index (κ3) is 2.10. The van der Waals surface area contributed by atoms with Gasteiger partial charge in [0.2, 0.25) is 0 Å². The third-order valence-corrected chi connectivity index (χ3v) is 5.10. The third-order valence-electron chi connectivity index (χ3n) is 5.10. The molecular formula is C22H23N. The molecule has 1 nitrogen and oxygen atoms in total. The van der Waals surface area contributed by atoms with Gasteiger partial charge in [-0.15, -0.1) is 0 Å². The Labute approximate surface area is 138 Å². The van der Waals surface area contributed by atoms with Crippen LogP contribution in [-0.2, 0) is 11.8 Å². The second-order valence-corrected chi connectivity index (χ2v) is 7.67. The molecule has 0 radical (unpaired) electrons. The summed E-state index contributed by atoms with van der Waals surface area (Å²) in [6.45, 7) is 9.26. The number of rotatable bonds is 2. The van der Waals surface area contributed by atoms with Gasteiger partial charge in [-0.1, -0.05) is 64.1 Å². The summed E-state index contributed by atoms with van der Waals surface area (Å²) in [7, 11) is 0. The van der Waals surface area contributed by atoms with Crippen LogP contribution < -0.4 is 0 Å². The van der Waals surface area contributed by atoms with Crippen molar-refractivity contribution >= 4 is 10.8 Å². The van der Waals surface area contributed by atoms with Crippen LogP contribution in [0.15, 0.2) is 48.7 Å². The SMILES string of the molecule is CC(C)Cc1cc2c3c(nccc3c1)-c1ccccc1C2(C)C. The van der Waals surface area contributed by atoms with E-state index in [9.17, 15) is 0 Å². The molecule has 0 saturated heterocycles. The van der Waals surface area contributed by atoms with Gasteiger partial charge in [0.05, 0.1) is 5.69 Å². The molecule has 1 aliphatic carbocycles. The molecule has 3 aromatic rings. The Bertz CT molecular complexity index is 903. The molecule has 1 aromatic heterocycles. The average molecular weight is 301 g/mol. The minimum Gasteiger partial charge on any atom is -0.256 e. The lowest BCUT2D eigenvalue weighted by Gasteiger charge is -2.35. The molecule has 0 unspecified atom stereocenters. The van der Waals surface area contributed by atoms with E-state index in [-0.39, 0.29) is 5.41 Å². The average Bonchev–Trinajstić information content (AvgIpc) is 2.52. The fourth-order valence-electron chi connectivity index (χ4n) is 4.05. The number of nitrogens with zero attached hydrogens (tertiary/aromatic N) is 1. The summed E-state index contributed by atoms with van der Waals surface area (Å²) in [6, 6.07) is 15.7. The summed E-state index contributed by atoms with van der Waals surface area (Å²) in [5.41, 5.74) is 6.68. The smallest absolute Gasteiger partial charge is 0.0786 e. The summed E-state index contributed by atoms with van der Waals surface area (Å²) in [5, 5.41) is 2.66. The maximum absolute atomic E-state index is 4.73. The lowest BCUT2D eigenvalue weighted by atomic mass is 9.69. The zero-order valence-corrected chi connectivity index (χ0v) is 14.4. The predicted octanol–water partition coefficient (Wildman–Crippen LogP) is 5.74. The summed E-state index contributed by atoms with van der Waals surface area (Å²) < 4.78 is 0. The summed E-state index contributed by atoms with van der Waals surface area (Å²) in [5.74, 6) is 0.667. The van der Waals surface area contributed by atoms with Crippen LogP contribution >= 0.6 is 0 Å². The highest BCUT2D eigenvalue weighted by atomic mass is 14.7. The number of benzene rings is 2. The van der Waals surface area contributed by atoms with E-state index in [0.717, 1.165) is 12.1 Å². The second-order valence-electron chi connectivity index (χ2n) is 7.67. The lowest BCUT2D eigenvalue weighted by Crippen LogP contribution is -2.24. The molecule has 1 aliphatic rings. The van der Waals surface area contributed by atoms with Gasteiger partial charge >= 0.3 is 0 Å². The first-order valence-electron chi connectivity index (χ1n) is 8.50. The van der Waals surface area contributed by atoms with Gasteiger partial charge in [-0.2, -0.15) is 0 Å². The van der Waals surface area contributed by atoms with Crippen molar-refractivity contribution in [2.45, 2.75) is 39.5 Å². The fraction of sp³-hybridized carbons (Fsp3) is 0.318. The first-order valence-corrected chi connectivity index (χ1v) is 8.50. The Morgan fingerprint density at radius 2 is 1.78 bits per heavy atom. The Kier molecular flexibility index (Phi) is 3.09. The molecule has 116 valence electrons. The Balaban J connectivity index is 2.11. The number of aromatic nitrogens is 1. The van der Waals surface area contributed by atoms with Crippen molar-refractivity contribution in [3.8, 4) is 11.3 Å². The molecule has 0 bridgehead atoms. The molecule has 0 aliphatic heterocycles. The zero-order valence-electron chi connectivity index (χ0n) is 14.4. The van der Waals surface area contributed by atoms with Gasteiger partial charge in [0.25, 0.3) is 0 Å². The monoisotopic (exact) mass is 301 g/mol. The fourth-order valence-corrected chi connectivity index (χ4v) is 4.05. The van der Waals surface area contributed by atoms with Crippen molar-refractivity contribution in [2.75, 3.05) is 0 Å². The number of hydrogen-bond donors (Lipinski definition) is 0. The number of hydrogen-bond acceptors (Lipinski definition) is 1. The molecule has 1 heterocycles. The molecule has 0 amide bonds. The van der Waals surface area contributed by atoms with Gasteiger partial charge < -0.3 is 0 Å². The molecule has 1 heteroatoms. The minimum atomic E-state index is 0.0118. The maximum Gasteiger partial charge on any atom is 0.0786 e. The van der Waals surface area contributed by atoms with Crippen LogP contribution in [0.5, 0.6) is 0 Å². The van der Waals surface area contributed by atoms with Crippen molar-refractivity contribution in [1.29, 1.82) is 0 Å². The molecular weight excluding hydrogens is 278 g/mol. The van der Waals surface area contributed by atoms with E-state index in [2.05, 4.69) is 70.2 Å². The van der Waals surface area contributed by atoms with E-state index in [1.807, 2.05) is 6.20 Å². The Hall–Kier alpha value is -2.15. The van der Waals surface area contributed by atoms with Gasteiger partial charge in [-0.3, -0.25) is 4.98 Å². The van der Waals surface area contributed by atoms with E-state index < -0.39 is 0 Å². The van der Waals surface area contributed by atoms with Crippen LogP contribution in [0, 0.1) is 5.92 Å². The summed E-state index contributed by atoms with van der Waals surface area (Å²) in [6.07, 6.45) is 3.08. The van der Waals surface area contributed by atoms with Crippen molar-refractivity contribution in [3.63, 3.8) is 0 Å². The Morgan fingerprint density at radius 3 is 2.57 bits per heavy atom. The van der Waals surface area contributed by atoms with E-state index in [1.165, 1.54) is 33.0 Å². The van der Waals surface area contributed by atoms with Crippen LogP contribution in [0.25, 0.3) is 22.0 Å². The quantitative estimate of drug-likeness (QED) is 0.588. The van der Waals surface area contributed by atoms with Gasteiger partial charge in [0, 0.05) is 22.6 Å². The van der Waals surface area contributed by atoms with E-state index in [4.69, 9.17) is 4.98 Å². The molecule has 0 N–H and O–H groups in total. The van der Waals surface area contributed by atoms with Crippen molar-refractivity contribution in [1.82, 2.24) is 4.98 Å². The maximum atomic E-state index is 4.73. The van der Waals surface area contributed by atoms with Crippen molar-refractivity contribution < 1.29 is 0 Å². The molecule has 2 aromatic carbocycles. The first kappa shape index (κ1) is 14.4. The van der Waals surface area contributed by atoms with Crippen LogP contribution in [0.2, 0.25) is 0 Å². The van der Waals surface area contributed by atoms with E-state index in [1.54, 1.807) is 0 Å². The predicted molar refractivity (Wildman–Crippen MR) is 97.8 cm³/mol. The lowest BCUT2D eigenvalue weighted by molar-refractivity contribution is 0.630. The molecule has 0 spiro atoms. The van der Waals surface area contributed by atoms with Crippen LogP contribution in [-0.4, -0.2) is 4.98 Å². The van der Waals surface area contributed by atoms with Gasteiger partial charge in [0.1, 0.15) is 0 Å². The number of pyridine rings is 1. The molecule has 23 heavy (non-hydrogen) atoms. The highest BCUT2D eigenvalue weighted by Gasteiger charge is 2.34. The normalized spacial score (nSPS) is 15.0. The molecule has 0 saturated carbocycles. The van der Waals surface area contributed by atoms with Crippen LogP contribution in [0.4, 0.5) is 0 Å². The second kappa shape index (κ2) is 4.92. The van der Waals surface area contributed by atoms with Gasteiger partial charge in [-0.05, 0) is 40.5 Å². The standard InChI is InChI=1S/C22H23N/c1-14(2)11-15-12-16-9-10-23-21-17-7-5-6-8-18(17)22(3,4)19(13-15)20(16)21/h5-10,12-14H,11H2,1-4H3. The topological polar surface area (TPSA) is 12.9 Å². The van der Waals surface area contributed by atoms with Crippen molar-refractivity contribution in [3.05, 3.63) is 65.4 Å². The molecule has 4 rings (SSSR count). The van der Waals surface area contributed by atoms with Crippen LogP contribution in [0.3, 0.4) is 0 Å². The van der Waals surface area contributed by atoms with Gasteiger partial charge in [-0.25, -0.2) is 0 Å². The molecule has 0 atom stereocenters. The number of fused-ring (bicyclic) bond motifs is 2.